The molecule has 1 aliphatic rings. The van der Waals surface area contributed by atoms with E-state index < -0.39 is 6.10 Å². The first-order valence-corrected chi connectivity index (χ1v) is 9.94. The number of amides is 1. The largest absolute Gasteiger partial charge is 0.391 e. The van der Waals surface area contributed by atoms with Crippen molar-refractivity contribution in [3.05, 3.63) is 46.9 Å². The molecule has 28 heavy (non-hydrogen) atoms. The molecule has 1 aromatic carbocycles. The van der Waals surface area contributed by atoms with Crippen molar-refractivity contribution in [3.63, 3.8) is 0 Å². The molecule has 0 unspecified atom stereocenters. The normalized spacial score (nSPS) is 20.5. The zero-order valence-corrected chi connectivity index (χ0v) is 16.3. The first-order chi connectivity index (χ1) is 13.6. The molecule has 148 valence electrons. The summed E-state index contributed by atoms with van der Waals surface area (Å²) >= 11 is 1.45. The summed E-state index contributed by atoms with van der Waals surface area (Å²) in [7, 11) is 1.58. The van der Waals surface area contributed by atoms with Gasteiger partial charge < -0.3 is 19.7 Å². The van der Waals surface area contributed by atoms with Crippen LogP contribution in [0.3, 0.4) is 0 Å². The van der Waals surface area contributed by atoms with Crippen LogP contribution in [0.4, 0.5) is 0 Å². The average molecular weight is 402 g/mol. The Kier molecular flexibility index (Phi) is 5.67. The Morgan fingerprint density at radius 1 is 1.46 bits per heavy atom. The van der Waals surface area contributed by atoms with Gasteiger partial charge in [-0.05, 0) is 23.9 Å². The number of methoxy groups -OCH3 is 1. The average Bonchev–Trinajstić information content (AvgIpc) is 3.31. The fraction of sp³-hybridized carbons (Fsp3) is 0.421. The van der Waals surface area contributed by atoms with Crippen molar-refractivity contribution >= 4 is 27.3 Å². The third-order valence-corrected chi connectivity index (χ3v) is 5.88. The maximum atomic E-state index is 12.7. The number of fused-ring (bicyclic) bond motifs is 1. The predicted molar refractivity (Wildman–Crippen MR) is 104 cm³/mol. The highest BCUT2D eigenvalue weighted by Crippen LogP contribution is 2.25. The van der Waals surface area contributed by atoms with Gasteiger partial charge in [0, 0.05) is 24.9 Å². The Labute approximate surface area is 166 Å². The Morgan fingerprint density at radius 3 is 3.14 bits per heavy atom. The number of hydrogen-bond donors (Lipinski definition) is 2. The first kappa shape index (κ1) is 19.0. The van der Waals surface area contributed by atoms with Gasteiger partial charge in [0.1, 0.15) is 6.61 Å². The van der Waals surface area contributed by atoms with Crippen molar-refractivity contribution in [1.29, 1.82) is 0 Å². The number of benzene rings is 1. The van der Waals surface area contributed by atoms with Crippen LogP contribution in [-0.4, -0.2) is 58.4 Å². The van der Waals surface area contributed by atoms with Crippen LogP contribution in [0.1, 0.15) is 27.8 Å². The van der Waals surface area contributed by atoms with Crippen LogP contribution in [0.25, 0.3) is 10.1 Å². The van der Waals surface area contributed by atoms with Crippen LogP contribution in [0.2, 0.25) is 0 Å². The summed E-state index contributed by atoms with van der Waals surface area (Å²) in [5.74, 6) is 0.842. The monoisotopic (exact) mass is 402 g/mol. The van der Waals surface area contributed by atoms with Gasteiger partial charge in [0.15, 0.2) is 5.82 Å². The van der Waals surface area contributed by atoms with E-state index in [1.54, 1.807) is 7.11 Å². The van der Waals surface area contributed by atoms with Gasteiger partial charge in [0.05, 0.1) is 23.6 Å². The number of nitrogens with zero attached hydrogens (tertiary/aromatic N) is 3. The molecule has 1 fully saturated rings. The van der Waals surface area contributed by atoms with Crippen LogP contribution < -0.4 is 5.32 Å². The number of rotatable bonds is 6. The molecule has 4 rings (SSSR count). The highest BCUT2D eigenvalue weighted by molar-refractivity contribution is 7.20. The molecular formula is C19H22N4O4S. The summed E-state index contributed by atoms with van der Waals surface area (Å²) in [6.07, 6.45) is -0.0162. The lowest BCUT2D eigenvalue weighted by Gasteiger charge is -2.35. The van der Waals surface area contributed by atoms with Crippen LogP contribution >= 0.6 is 11.3 Å². The molecule has 1 saturated heterocycles. The number of nitrogens with one attached hydrogen (secondary N) is 1. The maximum Gasteiger partial charge on any atom is 0.261 e. The molecule has 2 aromatic heterocycles. The van der Waals surface area contributed by atoms with Crippen molar-refractivity contribution in [1.82, 2.24) is 20.4 Å². The van der Waals surface area contributed by atoms with E-state index >= 15 is 0 Å². The maximum absolute atomic E-state index is 12.7. The Hall–Kier alpha value is -2.33. The van der Waals surface area contributed by atoms with Crippen LogP contribution in [0.5, 0.6) is 0 Å². The molecule has 0 spiro atoms. The van der Waals surface area contributed by atoms with Crippen molar-refractivity contribution in [2.24, 2.45) is 0 Å². The molecule has 3 aromatic rings. The standard InChI is InChI=1S/C19H22N4O4S/c1-26-11-17-21-18(27-22-17)10-23-7-6-14(24)13(9-23)20-19(25)16-8-12-4-2-3-5-15(12)28-16/h2-5,8,13-14,24H,6-7,9-11H2,1H3,(H,20,25)/t13-,14-/m1/s1. The molecule has 9 heteroatoms. The van der Waals surface area contributed by atoms with E-state index in [-0.39, 0.29) is 11.9 Å². The van der Waals surface area contributed by atoms with E-state index in [2.05, 4.69) is 20.4 Å². The Balaban J connectivity index is 1.39. The minimum Gasteiger partial charge on any atom is -0.391 e. The third kappa shape index (κ3) is 4.22. The van der Waals surface area contributed by atoms with E-state index in [9.17, 15) is 9.90 Å². The van der Waals surface area contributed by atoms with Gasteiger partial charge in [0.25, 0.3) is 5.91 Å². The molecule has 1 aliphatic heterocycles. The number of carbonyl (C=O) groups is 1. The van der Waals surface area contributed by atoms with Crippen LogP contribution in [-0.2, 0) is 17.9 Å². The summed E-state index contributed by atoms with van der Waals surface area (Å²) in [4.78, 5) is 19.7. The fourth-order valence-corrected chi connectivity index (χ4v) is 4.33. The number of aliphatic hydroxyl groups is 1. The quantitative estimate of drug-likeness (QED) is 0.648. The lowest BCUT2D eigenvalue weighted by molar-refractivity contribution is 0.0379. The topological polar surface area (TPSA) is 101 Å². The molecular weight excluding hydrogens is 380 g/mol. The van der Waals surface area contributed by atoms with Crippen molar-refractivity contribution in [2.45, 2.75) is 31.7 Å². The number of likely N-dealkylation sites (tertiary alicyclic amines) is 1. The van der Waals surface area contributed by atoms with Gasteiger partial charge in [-0.3, -0.25) is 9.69 Å². The second-order valence-corrected chi connectivity index (χ2v) is 7.94. The minimum atomic E-state index is -0.582. The second-order valence-electron chi connectivity index (χ2n) is 6.86. The summed E-state index contributed by atoms with van der Waals surface area (Å²) < 4.78 is 11.3. The highest BCUT2D eigenvalue weighted by Gasteiger charge is 2.30. The van der Waals surface area contributed by atoms with Crippen molar-refractivity contribution < 1.29 is 19.2 Å². The number of ether oxygens (including phenoxy) is 1. The number of hydrogen-bond acceptors (Lipinski definition) is 8. The lowest BCUT2D eigenvalue weighted by Crippen LogP contribution is -2.54. The van der Waals surface area contributed by atoms with Crippen molar-refractivity contribution in [3.8, 4) is 0 Å². The zero-order valence-electron chi connectivity index (χ0n) is 15.5. The molecule has 0 radical (unpaired) electrons. The van der Waals surface area contributed by atoms with E-state index in [1.807, 2.05) is 30.3 Å². The first-order valence-electron chi connectivity index (χ1n) is 9.12. The summed E-state index contributed by atoms with van der Waals surface area (Å²) in [5.41, 5.74) is 0. The minimum absolute atomic E-state index is 0.160. The highest BCUT2D eigenvalue weighted by atomic mass is 32.1. The van der Waals surface area contributed by atoms with Gasteiger partial charge in [-0.2, -0.15) is 4.98 Å². The molecule has 0 aliphatic carbocycles. The van der Waals surface area contributed by atoms with E-state index in [0.29, 0.717) is 49.3 Å². The fourth-order valence-electron chi connectivity index (χ4n) is 3.36. The lowest BCUT2D eigenvalue weighted by atomic mass is 10.0. The number of thiophene rings is 1. The van der Waals surface area contributed by atoms with Gasteiger partial charge in [-0.1, -0.05) is 23.4 Å². The van der Waals surface area contributed by atoms with Crippen LogP contribution in [0, 0.1) is 0 Å². The zero-order chi connectivity index (χ0) is 19.5. The summed E-state index contributed by atoms with van der Waals surface area (Å²) in [5, 5.41) is 18.2. The molecule has 2 atom stereocenters. The van der Waals surface area contributed by atoms with Gasteiger partial charge in [0.2, 0.25) is 5.89 Å². The number of piperidine rings is 1. The second kappa shape index (κ2) is 8.36. The van der Waals surface area contributed by atoms with Gasteiger partial charge in [-0.15, -0.1) is 11.3 Å². The number of aromatic nitrogens is 2. The summed E-state index contributed by atoms with van der Waals surface area (Å²) in [6.45, 7) is 1.98. The molecule has 3 heterocycles. The smallest absolute Gasteiger partial charge is 0.261 e. The van der Waals surface area contributed by atoms with Gasteiger partial charge in [-0.25, -0.2) is 0 Å². The van der Waals surface area contributed by atoms with Crippen LogP contribution in [0.15, 0.2) is 34.9 Å². The predicted octanol–water partition coefficient (Wildman–Crippen LogP) is 1.80. The SMILES string of the molecule is COCc1noc(CN2CC[C@@H](O)[C@H](NC(=O)c3cc4ccccc4s3)C2)n1. The Bertz CT molecular complexity index is 923. The molecule has 8 nitrogen and oxygen atoms in total. The number of aliphatic hydroxyl groups excluding tert-OH is 1. The van der Waals surface area contributed by atoms with Crippen molar-refractivity contribution in [2.75, 3.05) is 20.2 Å². The summed E-state index contributed by atoms with van der Waals surface area (Å²) in [6, 6.07) is 9.43. The van der Waals surface area contributed by atoms with Gasteiger partial charge >= 0.3 is 0 Å². The Morgan fingerprint density at radius 2 is 2.32 bits per heavy atom. The van der Waals surface area contributed by atoms with E-state index in [4.69, 9.17) is 9.26 Å². The molecule has 1 amide bonds. The molecule has 2 N–H and O–H groups in total. The van der Waals surface area contributed by atoms with E-state index in [0.717, 1.165) is 10.1 Å². The van der Waals surface area contributed by atoms with E-state index in [1.165, 1.54) is 11.3 Å². The third-order valence-electron chi connectivity index (χ3n) is 4.77. The molecule has 0 bridgehead atoms. The molecule has 0 saturated carbocycles. The number of carbonyl (C=O) groups excluding carboxylic acids is 1.